The molecule has 0 atom stereocenters. The number of aryl methyl sites for hydroxylation is 1. The minimum absolute atomic E-state index is 0.538. The molecule has 0 radical (unpaired) electrons. The number of hydrogen-bond donors (Lipinski definition) is 2. The van der Waals surface area contributed by atoms with Crippen LogP contribution in [0.1, 0.15) is 32.6 Å². The fourth-order valence-corrected chi connectivity index (χ4v) is 3.18. The lowest BCUT2D eigenvalue weighted by Crippen LogP contribution is -2.39. The Morgan fingerprint density at radius 2 is 2.05 bits per heavy atom. The van der Waals surface area contributed by atoms with Crippen molar-refractivity contribution in [2.24, 2.45) is 0 Å². The minimum atomic E-state index is -0.767. The molecule has 0 aliphatic heterocycles. The lowest BCUT2D eigenvalue weighted by atomic mass is 10.1. The average Bonchev–Trinajstić information content (AvgIpc) is 2.74. The molecule has 5 nitrogen and oxygen atoms in total. The van der Waals surface area contributed by atoms with E-state index in [0.717, 1.165) is 29.1 Å². The monoisotopic (exact) mass is 308 g/mol. The van der Waals surface area contributed by atoms with Crippen LogP contribution in [0.25, 0.3) is 10.2 Å². The third kappa shape index (κ3) is 3.83. The Hall–Kier alpha value is -1.40. The van der Waals surface area contributed by atoms with Gasteiger partial charge in [0, 0.05) is 24.5 Å². The summed E-state index contributed by atoms with van der Waals surface area (Å²) < 4.78 is 0. The topological polar surface area (TPSA) is 61.3 Å². The van der Waals surface area contributed by atoms with Gasteiger partial charge in [-0.1, -0.05) is 0 Å². The highest BCUT2D eigenvalue weighted by molar-refractivity contribution is 7.18. The molecule has 2 rings (SSSR count). The summed E-state index contributed by atoms with van der Waals surface area (Å²) in [6.07, 6.45) is 0. The van der Waals surface area contributed by atoms with Gasteiger partial charge < -0.3 is 15.3 Å². The predicted octanol–water partition coefficient (Wildman–Crippen LogP) is 3.03. The van der Waals surface area contributed by atoms with Crippen LogP contribution in [0.2, 0.25) is 0 Å². The highest BCUT2D eigenvalue weighted by Crippen LogP contribution is 2.32. The Bertz CT molecular complexity index is 618. The van der Waals surface area contributed by atoms with Crippen molar-refractivity contribution in [3.05, 3.63) is 10.9 Å². The summed E-state index contributed by atoms with van der Waals surface area (Å²) in [4.78, 5) is 13.5. The number of thiophene rings is 1. The van der Waals surface area contributed by atoms with E-state index in [1.807, 2.05) is 20.8 Å². The van der Waals surface area contributed by atoms with Gasteiger partial charge in [0.05, 0.1) is 11.0 Å². The van der Waals surface area contributed by atoms with Gasteiger partial charge in [0.2, 0.25) is 5.95 Å². The summed E-state index contributed by atoms with van der Waals surface area (Å²) in [6.45, 7) is 11.9. The molecule has 6 heteroatoms. The highest BCUT2D eigenvalue weighted by Gasteiger charge is 2.21. The van der Waals surface area contributed by atoms with Gasteiger partial charge in [0.15, 0.2) is 0 Å². The van der Waals surface area contributed by atoms with Crippen molar-refractivity contribution in [2.45, 2.75) is 40.2 Å². The predicted molar refractivity (Wildman–Crippen MR) is 90.5 cm³/mol. The smallest absolute Gasteiger partial charge is 0.226 e. The first kappa shape index (κ1) is 16.0. The van der Waals surface area contributed by atoms with Crippen molar-refractivity contribution in [2.75, 3.05) is 29.9 Å². The van der Waals surface area contributed by atoms with Crippen LogP contribution in [0.3, 0.4) is 0 Å². The van der Waals surface area contributed by atoms with E-state index >= 15 is 0 Å². The molecular formula is C15H24N4OS. The fourth-order valence-electron chi connectivity index (χ4n) is 2.31. The van der Waals surface area contributed by atoms with E-state index < -0.39 is 5.60 Å². The molecule has 116 valence electrons. The van der Waals surface area contributed by atoms with E-state index in [1.165, 1.54) is 4.88 Å². The van der Waals surface area contributed by atoms with Crippen LogP contribution in [0.5, 0.6) is 0 Å². The first-order chi connectivity index (χ1) is 9.84. The Balaban J connectivity index is 2.52. The van der Waals surface area contributed by atoms with Crippen LogP contribution in [-0.2, 0) is 0 Å². The largest absolute Gasteiger partial charge is 0.389 e. The quantitative estimate of drug-likeness (QED) is 0.859. The standard InChI is InChI=1S/C15H24N4OS/c1-6-16-14-17-12(19(7-2)9-15(4,5)20)11-8-10(3)21-13(11)18-14/h8,20H,6-7,9H2,1-5H3,(H,16,17,18). The normalized spacial score (nSPS) is 11.9. The summed E-state index contributed by atoms with van der Waals surface area (Å²) in [7, 11) is 0. The van der Waals surface area contributed by atoms with Crippen LogP contribution >= 0.6 is 11.3 Å². The molecule has 0 unspecified atom stereocenters. The molecule has 0 fully saturated rings. The number of likely N-dealkylation sites (N-methyl/N-ethyl adjacent to an activating group) is 1. The van der Waals surface area contributed by atoms with E-state index in [1.54, 1.807) is 11.3 Å². The van der Waals surface area contributed by atoms with Crippen molar-refractivity contribution < 1.29 is 5.11 Å². The maximum absolute atomic E-state index is 10.1. The Morgan fingerprint density at radius 1 is 1.33 bits per heavy atom. The lowest BCUT2D eigenvalue weighted by molar-refractivity contribution is 0.0875. The summed E-state index contributed by atoms with van der Waals surface area (Å²) in [5, 5.41) is 14.4. The molecule has 0 aliphatic carbocycles. The molecular weight excluding hydrogens is 284 g/mol. The second kappa shape index (κ2) is 6.15. The third-order valence-electron chi connectivity index (χ3n) is 3.09. The molecule has 0 aromatic carbocycles. The Kier molecular flexibility index (Phi) is 4.68. The first-order valence-corrected chi connectivity index (χ1v) is 8.15. The number of nitrogens with one attached hydrogen (secondary N) is 1. The zero-order chi connectivity index (χ0) is 15.6. The van der Waals surface area contributed by atoms with Crippen LogP contribution in [0.4, 0.5) is 11.8 Å². The number of aromatic nitrogens is 2. The zero-order valence-corrected chi connectivity index (χ0v) is 14.2. The maximum atomic E-state index is 10.1. The summed E-state index contributed by atoms with van der Waals surface area (Å²) in [5.74, 6) is 1.54. The molecule has 21 heavy (non-hydrogen) atoms. The van der Waals surface area contributed by atoms with Crippen molar-refractivity contribution >= 4 is 33.3 Å². The zero-order valence-electron chi connectivity index (χ0n) is 13.4. The summed E-state index contributed by atoms with van der Waals surface area (Å²) >= 11 is 1.67. The number of rotatable bonds is 6. The van der Waals surface area contributed by atoms with Crippen molar-refractivity contribution in [3.8, 4) is 0 Å². The Morgan fingerprint density at radius 3 is 2.62 bits per heavy atom. The summed E-state index contributed by atoms with van der Waals surface area (Å²) in [5.41, 5.74) is -0.767. The van der Waals surface area contributed by atoms with Gasteiger partial charge >= 0.3 is 0 Å². The Labute approximate surface area is 130 Å². The molecule has 0 bridgehead atoms. The molecule has 2 heterocycles. The molecule has 2 N–H and O–H groups in total. The number of anilines is 2. The van der Waals surface area contributed by atoms with Gasteiger partial charge in [0.25, 0.3) is 0 Å². The van der Waals surface area contributed by atoms with Gasteiger partial charge in [-0.3, -0.25) is 0 Å². The van der Waals surface area contributed by atoms with Crippen LogP contribution in [0, 0.1) is 6.92 Å². The molecule has 0 spiro atoms. The van der Waals surface area contributed by atoms with E-state index in [2.05, 4.69) is 40.1 Å². The number of hydrogen-bond acceptors (Lipinski definition) is 6. The van der Waals surface area contributed by atoms with Crippen LogP contribution in [-0.4, -0.2) is 40.3 Å². The van der Waals surface area contributed by atoms with Gasteiger partial charge in [0.1, 0.15) is 10.6 Å². The van der Waals surface area contributed by atoms with Gasteiger partial charge in [-0.25, -0.2) is 4.98 Å². The molecule has 2 aromatic rings. The third-order valence-corrected chi connectivity index (χ3v) is 4.03. The van der Waals surface area contributed by atoms with E-state index in [4.69, 9.17) is 0 Å². The second-order valence-corrected chi connectivity index (χ2v) is 7.04. The van der Waals surface area contributed by atoms with Crippen molar-refractivity contribution in [1.82, 2.24) is 9.97 Å². The molecule has 0 amide bonds. The van der Waals surface area contributed by atoms with Crippen LogP contribution < -0.4 is 10.2 Å². The second-order valence-electron chi connectivity index (χ2n) is 5.80. The van der Waals surface area contributed by atoms with E-state index in [-0.39, 0.29) is 0 Å². The highest BCUT2D eigenvalue weighted by atomic mass is 32.1. The van der Waals surface area contributed by atoms with Crippen molar-refractivity contribution in [1.29, 1.82) is 0 Å². The number of nitrogens with zero attached hydrogens (tertiary/aromatic N) is 3. The van der Waals surface area contributed by atoms with Gasteiger partial charge in [-0.2, -0.15) is 4.98 Å². The molecule has 0 aliphatic rings. The number of fused-ring (bicyclic) bond motifs is 1. The van der Waals surface area contributed by atoms with Crippen LogP contribution in [0.15, 0.2) is 6.07 Å². The number of aliphatic hydroxyl groups is 1. The minimum Gasteiger partial charge on any atom is -0.389 e. The van der Waals surface area contributed by atoms with Gasteiger partial charge in [-0.05, 0) is 40.7 Å². The molecule has 0 saturated carbocycles. The van der Waals surface area contributed by atoms with E-state index in [9.17, 15) is 5.11 Å². The van der Waals surface area contributed by atoms with E-state index in [0.29, 0.717) is 12.5 Å². The molecule has 0 saturated heterocycles. The SMILES string of the molecule is CCNc1nc(N(CC)CC(C)(C)O)c2cc(C)sc2n1. The fraction of sp³-hybridized carbons (Fsp3) is 0.600. The van der Waals surface area contributed by atoms with Gasteiger partial charge in [-0.15, -0.1) is 11.3 Å². The maximum Gasteiger partial charge on any atom is 0.226 e. The molecule has 2 aromatic heterocycles. The lowest BCUT2D eigenvalue weighted by Gasteiger charge is -2.29. The summed E-state index contributed by atoms with van der Waals surface area (Å²) in [6, 6.07) is 2.12. The van der Waals surface area contributed by atoms with Crippen molar-refractivity contribution in [3.63, 3.8) is 0 Å². The average molecular weight is 308 g/mol. The first-order valence-electron chi connectivity index (χ1n) is 7.33.